The molecular weight excluding hydrogens is 188 g/mol. The number of rotatable bonds is 3. The van der Waals surface area contributed by atoms with Crippen LogP contribution in [0.2, 0.25) is 0 Å². The van der Waals surface area contributed by atoms with Crippen molar-refractivity contribution in [2.24, 2.45) is 0 Å². The Morgan fingerprint density at radius 1 is 1.29 bits per heavy atom. The Bertz CT molecular complexity index is 196. The summed E-state index contributed by atoms with van der Waals surface area (Å²) < 4.78 is 10.2. The molecule has 1 saturated heterocycles. The zero-order valence-electron chi connectivity index (χ0n) is 8.04. The minimum Gasteiger partial charge on any atom is -0.388 e. The summed E-state index contributed by atoms with van der Waals surface area (Å²) in [6.07, 6.45) is -3.54. The average Bonchev–Trinajstić information content (AvgIpc) is 2.18. The van der Waals surface area contributed by atoms with Gasteiger partial charge in [0.25, 0.3) is 0 Å². The number of ether oxygens (including phenoxy) is 2. The van der Waals surface area contributed by atoms with E-state index in [0.29, 0.717) is 0 Å². The van der Waals surface area contributed by atoms with Crippen molar-refractivity contribution in [3.8, 4) is 0 Å². The van der Waals surface area contributed by atoms with Gasteiger partial charge in [0, 0.05) is 0 Å². The van der Waals surface area contributed by atoms with Crippen molar-refractivity contribution < 1.29 is 24.8 Å². The summed E-state index contributed by atoms with van der Waals surface area (Å²) >= 11 is 0. The highest BCUT2D eigenvalue weighted by Gasteiger charge is 2.42. The van der Waals surface area contributed by atoms with Gasteiger partial charge in [0.1, 0.15) is 18.3 Å². The van der Waals surface area contributed by atoms with Gasteiger partial charge >= 0.3 is 0 Å². The van der Waals surface area contributed by atoms with E-state index in [1.54, 1.807) is 6.92 Å². The van der Waals surface area contributed by atoms with Crippen LogP contribution in [0.5, 0.6) is 0 Å². The lowest BCUT2D eigenvalue weighted by atomic mass is 10.0. The number of aliphatic hydroxyl groups excluding tert-OH is 3. The van der Waals surface area contributed by atoms with Crippen molar-refractivity contribution in [3.05, 3.63) is 12.7 Å². The largest absolute Gasteiger partial charge is 0.388 e. The van der Waals surface area contributed by atoms with Crippen molar-refractivity contribution in [2.45, 2.75) is 37.6 Å². The molecule has 1 aliphatic heterocycles. The van der Waals surface area contributed by atoms with Crippen LogP contribution in [0.1, 0.15) is 6.92 Å². The molecule has 0 saturated carbocycles. The predicted molar refractivity (Wildman–Crippen MR) is 48.5 cm³/mol. The topological polar surface area (TPSA) is 79.2 Å². The molecule has 0 aromatic rings. The number of aliphatic hydroxyl groups is 3. The molecule has 0 aliphatic carbocycles. The molecule has 3 N–H and O–H groups in total. The second-order valence-electron chi connectivity index (χ2n) is 3.30. The Balaban J connectivity index is 2.55. The maximum absolute atomic E-state index is 9.46. The lowest BCUT2D eigenvalue weighted by molar-refractivity contribution is -0.290. The Morgan fingerprint density at radius 2 is 1.93 bits per heavy atom. The molecule has 1 aliphatic rings. The zero-order valence-corrected chi connectivity index (χ0v) is 8.04. The van der Waals surface area contributed by atoms with E-state index in [9.17, 15) is 15.3 Å². The van der Waals surface area contributed by atoms with Gasteiger partial charge < -0.3 is 24.8 Å². The first-order chi connectivity index (χ1) is 6.57. The van der Waals surface area contributed by atoms with Gasteiger partial charge in [-0.15, -0.1) is 6.58 Å². The van der Waals surface area contributed by atoms with Gasteiger partial charge in [-0.25, -0.2) is 0 Å². The Labute approximate surface area is 82.6 Å². The van der Waals surface area contributed by atoms with Crippen LogP contribution in [0, 0.1) is 0 Å². The molecule has 1 rings (SSSR count). The molecular formula is C9H16O5. The molecule has 0 amide bonds. The van der Waals surface area contributed by atoms with E-state index in [0.717, 1.165) is 0 Å². The molecule has 0 bridgehead atoms. The lowest BCUT2D eigenvalue weighted by Gasteiger charge is -2.38. The summed E-state index contributed by atoms with van der Waals surface area (Å²) in [4.78, 5) is 0. The molecule has 5 heteroatoms. The van der Waals surface area contributed by atoms with Crippen LogP contribution in [0.25, 0.3) is 0 Å². The SMILES string of the molecule is C=CCO[C@@H]1O[C@H](C)[C@H](O)[C@H](O)[C@H]1O. The van der Waals surface area contributed by atoms with E-state index in [1.165, 1.54) is 6.08 Å². The quantitative estimate of drug-likeness (QED) is 0.515. The zero-order chi connectivity index (χ0) is 10.7. The van der Waals surface area contributed by atoms with Crippen LogP contribution in [0.3, 0.4) is 0 Å². The van der Waals surface area contributed by atoms with E-state index in [1.807, 2.05) is 0 Å². The Morgan fingerprint density at radius 3 is 2.50 bits per heavy atom. The normalized spacial score (nSPS) is 43.6. The van der Waals surface area contributed by atoms with Crippen molar-refractivity contribution >= 4 is 0 Å². The standard InChI is InChI=1S/C9H16O5/c1-3-4-13-9-8(12)7(11)6(10)5(2)14-9/h3,5-12H,1,4H2,2H3/t5-,6+,7+,8-,9-/m1/s1. The molecule has 0 aromatic carbocycles. The van der Waals surface area contributed by atoms with E-state index in [2.05, 4.69) is 6.58 Å². The van der Waals surface area contributed by atoms with Crippen LogP contribution in [-0.2, 0) is 9.47 Å². The van der Waals surface area contributed by atoms with Crippen molar-refractivity contribution in [2.75, 3.05) is 6.61 Å². The van der Waals surface area contributed by atoms with Crippen molar-refractivity contribution in [1.29, 1.82) is 0 Å². The summed E-state index contributed by atoms with van der Waals surface area (Å²) in [5.74, 6) is 0. The Kier molecular flexibility index (Phi) is 4.03. The monoisotopic (exact) mass is 204 g/mol. The van der Waals surface area contributed by atoms with Gasteiger partial charge in [-0.3, -0.25) is 0 Å². The second kappa shape index (κ2) is 4.86. The summed E-state index contributed by atoms with van der Waals surface area (Å²) in [5.41, 5.74) is 0. The van der Waals surface area contributed by atoms with E-state index >= 15 is 0 Å². The third-order valence-electron chi connectivity index (χ3n) is 2.19. The molecule has 0 aromatic heterocycles. The van der Waals surface area contributed by atoms with Gasteiger partial charge in [0.2, 0.25) is 0 Å². The van der Waals surface area contributed by atoms with Gasteiger partial charge in [-0.2, -0.15) is 0 Å². The predicted octanol–water partition coefficient (Wildman–Crippen LogP) is -0.984. The van der Waals surface area contributed by atoms with Crippen LogP contribution in [-0.4, -0.2) is 52.6 Å². The molecule has 0 spiro atoms. The van der Waals surface area contributed by atoms with Crippen molar-refractivity contribution in [1.82, 2.24) is 0 Å². The van der Waals surface area contributed by atoms with Crippen LogP contribution >= 0.6 is 0 Å². The molecule has 1 heterocycles. The molecule has 14 heavy (non-hydrogen) atoms. The highest BCUT2D eigenvalue weighted by molar-refractivity contribution is 4.87. The van der Waals surface area contributed by atoms with E-state index < -0.39 is 30.7 Å². The fourth-order valence-electron chi connectivity index (χ4n) is 1.31. The van der Waals surface area contributed by atoms with Crippen LogP contribution in [0.4, 0.5) is 0 Å². The van der Waals surface area contributed by atoms with Crippen LogP contribution in [0.15, 0.2) is 12.7 Å². The molecule has 82 valence electrons. The third kappa shape index (κ3) is 2.31. The molecule has 5 atom stereocenters. The van der Waals surface area contributed by atoms with Crippen LogP contribution < -0.4 is 0 Å². The third-order valence-corrected chi connectivity index (χ3v) is 2.19. The van der Waals surface area contributed by atoms with Gasteiger partial charge in [-0.1, -0.05) is 6.08 Å². The number of hydrogen-bond acceptors (Lipinski definition) is 5. The van der Waals surface area contributed by atoms with Gasteiger partial charge in [0.05, 0.1) is 12.7 Å². The summed E-state index contributed by atoms with van der Waals surface area (Å²) in [6, 6.07) is 0. The smallest absolute Gasteiger partial charge is 0.186 e. The maximum atomic E-state index is 9.46. The maximum Gasteiger partial charge on any atom is 0.186 e. The fourth-order valence-corrected chi connectivity index (χ4v) is 1.31. The molecule has 1 fully saturated rings. The molecule has 0 unspecified atom stereocenters. The minimum absolute atomic E-state index is 0.220. The summed E-state index contributed by atoms with van der Waals surface area (Å²) in [5, 5.41) is 28.2. The van der Waals surface area contributed by atoms with E-state index in [-0.39, 0.29) is 6.61 Å². The number of hydrogen-bond donors (Lipinski definition) is 3. The summed E-state index contributed by atoms with van der Waals surface area (Å²) in [7, 11) is 0. The van der Waals surface area contributed by atoms with Gasteiger partial charge in [-0.05, 0) is 6.92 Å². The fraction of sp³-hybridized carbons (Fsp3) is 0.778. The first-order valence-electron chi connectivity index (χ1n) is 4.50. The van der Waals surface area contributed by atoms with Gasteiger partial charge in [0.15, 0.2) is 6.29 Å². The summed E-state index contributed by atoms with van der Waals surface area (Å²) in [6.45, 7) is 5.27. The second-order valence-corrected chi connectivity index (χ2v) is 3.30. The lowest BCUT2D eigenvalue weighted by Crippen LogP contribution is -2.57. The Hall–Kier alpha value is -0.460. The highest BCUT2D eigenvalue weighted by Crippen LogP contribution is 2.21. The first-order valence-corrected chi connectivity index (χ1v) is 4.50. The molecule has 5 nitrogen and oxygen atoms in total. The highest BCUT2D eigenvalue weighted by atomic mass is 16.7. The van der Waals surface area contributed by atoms with Crippen molar-refractivity contribution in [3.63, 3.8) is 0 Å². The molecule has 0 radical (unpaired) electrons. The average molecular weight is 204 g/mol. The first kappa shape index (κ1) is 11.6. The van der Waals surface area contributed by atoms with E-state index in [4.69, 9.17) is 9.47 Å². The minimum atomic E-state index is -1.24.